The molecule has 1 aliphatic rings. The van der Waals surface area contributed by atoms with Crippen LogP contribution in [0.5, 0.6) is 0 Å². The number of benzene rings is 3. The van der Waals surface area contributed by atoms with E-state index in [2.05, 4.69) is 60.4 Å². The normalized spacial score (nSPS) is 14.9. The molecule has 1 unspecified atom stereocenters. The second-order valence-corrected chi connectivity index (χ2v) is 9.97. The second-order valence-electron chi connectivity index (χ2n) is 8.14. The van der Waals surface area contributed by atoms with Gasteiger partial charge in [-0.2, -0.15) is 0 Å². The maximum absolute atomic E-state index is 13.7. The summed E-state index contributed by atoms with van der Waals surface area (Å²) in [7, 11) is 0. The van der Waals surface area contributed by atoms with Crippen LogP contribution in [0, 0.1) is 0 Å². The predicted molar refractivity (Wildman–Crippen MR) is 144 cm³/mol. The number of hydrogen-bond acceptors (Lipinski definition) is 3. The Labute approximate surface area is 216 Å². The third-order valence-electron chi connectivity index (χ3n) is 5.84. The zero-order valence-corrected chi connectivity index (χ0v) is 22.1. The maximum atomic E-state index is 13.7. The van der Waals surface area contributed by atoms with Gasteiger partial charge in [-0.1, -0.05) is 56.1 Å². The molecule has 2 amide bonds. The van der Waals surface area contributed by atoms with E-state index >= 15 is 0 Å². The molecule has 0 radical (unpaired) electrons. The van der Waals surface area contributed by atoms with Crippen LogP contribution in [0.3, 0.4) is 0 Å². The Hall–Kier alpha value is -2.90. The van der Waals surface area contributed by atoms with Gasteiger partial charge in [0.1, 0.15) is 5.57 Å². The van der Waals surface area contributed by atoms with Gasteiger partial charge >= 0.3 is 0 Å². The number of nitrogens with zero attached hydrogens (tertiary/aromatic N) is 1. The van der Waals surface area contributed by atoms with Crippen LogP contribution in [0.4, 0.5) is 11.4 Å². The first-order valence-corrected chi connectivity index (χ1v) is 12.7. The van der Waals surface area contributed by atoms with Crippen LogP contribution in [0.2, 0.25) is 0 Å². The highest BCUT2D eigenvalue weighted by Crippen LogP contribution is 2.35. The molecule has 174 valence electrons. The summed E-state index contributed by atoms with van der Waals surface area (Å²) in [5, 5.41) is 5.84. The fourth-order valence-corrected chi connectivity index (χ4v) is 4.78. The van der Waals surface area contributed by atoms with Crippen LogP contribution in [0.15, 0.2) is 87.3 Å². The van der Waals surface area contributed by atoms with Gasteiger partial charge in [-0.3, -0.25) is 9.59 Å². The fourth-order valence-electron chi connectivity index (χ4n) is 4.25. The topological polar surface area (TPSA) is 61.4 Å². The lowest BCUT2D eigenvalue weighted by Gasteiger charge is -2.39. The highest BCUT2D eigenvalue weighted by Gasteiger charge is 2.33. The number of carbonyl (C=O) groups is 2. The highest BCUT2D eigenvalue weighted by molar-refractivity contribution is 9.10. The fraction of sp³-hybridized carbons (Fsp3) is 0.185. The number of nitrogens with one attached hydrogen (secondary N) is 2. The molecule has 0 spiro atoms. The van der Waals surface area contributed by atoms with Gasteiger partial charge in [-0.05, 0) is 74.4 Å². The molecule has 3 aromatic carbocycles. The van der Waals surface area contributed by atoms with Gasteiger partial charge in [-0.15, -0.1) is 0 Å². The Bertz CT molecular complexity index is 1180. The number of amides is 2. The zero-order chi connectivity index (χ0) is 24.2. The van der Waals surface area contributed by atoms with Crippen LogP contribution >= 0.6 is 31.9 Å². The molecule has 0 bridgehead atoms. The Morgan fingerprint density at radius 3 is 1.85 bits per heavy atom. The standard InChI is InChI=1S/C27H25Br2N3O2/c1-3-32-17(2)16-18-6-4-5-7-23(18)25(32)24(26(33)30-21-12-8-19(28)9-13-21)27(34)31-22-14-10-20(29)11-15-22/h4-15,17H,3,16H2,1-2H3,(H,30,33)(H,31,34). The van der Waals surface area contributed by atoms with Crippen molar-refractivity contribution in [2.75, 3.05) is 17.2 Å². The van der Waals surface area contributed by atoms with Gasteiger partial charge in [0.05, 0.1) is 5.70 Å². The number of fused-ring (bicyclic) bond motifs is 1. The molecule has 0 aliphatic carbocycles. The Kier molecular flexibility index (Phi) is 7.54. The van der Waals surface area contributed by atoms with Gasteiger partial charge in [-0.25, -0.2) is 0 Å². The molecule has 4 rings (SSSR count). The largest absolute Gasteiger partial charge is 0.367 e. The number of hydrogen-bond donors (Lipinski definition) is 2. The summed E-state index contributed by atoms with van der Waals surface area (Å²) in [4.78, 5) is 29.5. The Morgan fingerprint density at radius 1 is 0.853 bits per heavy atom. The Balaban J connectivity index is 1.84. The van der Waals surface area contributed by atoms with E-state index in [0.29, 0.717) is 23.6 Å². The van der Waals surface area contributed by atoms with E-state index in [1.54, 1.807) is 24.3 Å². The highest BCUT2D eigenvalue weighted by atomic mass is 79.9. The first kappa shape index (κ1) is 24.2. The average molecular weight is 583 g/mol. The van der Waals surface area contributed by atoms with E-state index in [1.165, 1.54) is 0 Å². The summed E-state index contributed by atoms with van der Waals surface area (Å²) in [6, 6.07) is 22.7. The maximum Gasteiger partial charge on any atom is 0.263 e. The summed E-state index contributed by atoms with van der Waals surface area (Å²) in [5.74, 6) is -0.899. The van der Waals surface area contributed by atoms with Gasteiger partial charge in [0.15, 0.2) is 0 Å². The van der Waals surface area contributed by atoms with Crippen LogP contribution < -0.4 is 10.6 Å². The predicted octanol–water partition coefficient (Wildman–Crippen LogP) is 6.47. The molecule has 0 fully saturated rings. The molecule has 1 heterocycles. The van der Waals surface area contributed by atoms with Gasteiger partial charge in [0.25, 0.3) is 11.8 Å². The number of rotatable bonds is 5. The number of carbonyl (C=O) groups excluding carboxylic acids is 2. The molecule has 0 saturated carbocycles. The molecule has 0 saturated heterocycles. The number of halogens is 2. The van der Waals surface area contributed by atoms with Crippen LogP contribution in [0.1, 0.15) is 25.0 Å². The van der Waals surface area contributed by atoms with E-state index in [4.69, 9.17) is 0 Å². The molecule has 5 nitrogen and oxygen atoms in total. The first-order valence-electron chi connectivity index (χ1n) is 11.1. The number of anilines is 2. The summed E-state index contributed by atoms with van der Waals surface area (Å²) in [5.41, 5.74) is 4.01. The Morgan fingerprint density at radius 2 is 1.35 bits per heavy atom. The van der Waals surface area contributed by atoms with E-state index in [0.717, 1.165) is 26.5 Å². The third kappa shape index (κ3) is 5.26. The minimum Gasteiger partial charge on any atom is -0.367 e. The molecule has 2 N–H and O–H groups in total. The van der Waals surface area contributed by atoms with Gasteiger partial charge in [0, 0.05) is 38.5 Å². The minimum absolute atomic E-state index is 0.0895. The van der Waals surface area contributed by atoms with Crippen molar-refractivity contribution in [3.05, 3.63) is 98.4 Å². The van der Waals surface area contributed by atoms with E-state index in [1.807, 2.05) is 49.4 Å². The van der Waals surface area contributed by atoms with Crippen LogP contribution in [-0.4, -0.2) is 29.3 Å². The monoisotopic (exact) mass is 581 g/mol. The zero-order valence-electron chi connectivity index (χ0n) is 18.9. The van der Waals surface area contributed by atoms with Crippen molar-refractivity contribution in [3.8, 4) is 0 Å². The summed E-state index contributed by atoms with van der Waals surface area (Å²) in [6.07, 6.45) is 0.851. The lowest BCUT2D eigenvalue weighted by atomic mass is 9.89. The lowest BCUT2D eigenvalue weighted by molar-refractivity contribution is -0.118. The minimum atomic E-state index is -0.450. The summed E-state index contributed by atoms with van der Waals surface area (Å²) >= 11 is 6.83. The van der Waals surface area contributed by atoms with Crippen molar-refractivity contribution in [1.29, 1.82) is 0 Å². The number of likely N-dealkylation sites (N-methyl/N-ethyl adjacent to an activating group) is 1. The molecule has 34 heavy (non-hydrogen) atoms. The summed E-state index contributed by atoms with van der Waals surface area (Å²) in [6.45, 7) is 4.84. The molecular formula is C27H25Br2N3O2. The lowest BCUT2D eigenvalue weighted by Crippen LogP contribution is -2.40. The molecular weight excluding hydrogens is 558 g/mol. The van der Waals surface area contributed by atoms with Crippen molar-refractivity contribution in [1.82, 2.24) is 4.90 Å². The molecule has 7 heteroatoms. The van der Waals surface area contributed by atoms with Crippen molar-refractivity contribution >= 4 is 60.7 Å². The van der Waals surface area contributed by atoms with Gasteiger partial charge in [0.2, 0.25) is 0 Å². The van der Waals surface area contributed by atoms with Crippen LogP contribution in [0.25, 0.3) is 5.70 Å². The second kappa shape index (κ2) is 10.6. The van der Waals surface area contributed by atoms with Crippen molar-refractivity contribution in [2.45, 2.75) is 26.3 Å². The van der Waals surface area contributed by atoms with Crippen molar-refractivity contribution < 1.29 is 9.59 Å². The first-order chi connectivity index (χ1) is 16.4. The molecule has 0 aromatic heterocycles. The van der Waals surface area contributed by atoms with E-state index in [9.17, 15) is 9.59 Å². The van der Waals surface area contributed by atoms with E-state index < -0.39 is 11.8 Å². The van der Waals surface area contributed by atoms with Crippen LogP contribution in [-0.2, 0) is 16.0 Å². The smallest absolute Gasteiger partial charge is 0.263 e. The molecule has 1 aliphatic heterocycles. The third-order valence-corrected chi connectivity index (χ3v) is 6.90. The summed E-state index contributed by atoms with van der Waals surface area (Å²) < 4.78 is 1.81. The molecule has 3 aromatic rings. The van der Waals surface area contributed by atoms with E-state index in [-0.39, 0.29) is 11.6 Å². The van der Waals surface area contributed by atoms with Crippen molar-refractivity contribution in [2.24, 2.45) is 0 Å². The average Bonchev–Trinajstić information content (AvgIpc) is 2.82. The molecule has 1 atom stereocenters. The quantitative estimate of drug-likeness (QED) is 0.206. The SMILES string of the molecule is CCN1C(=C(C(=O)Nc2ccc(Br)cc2)C(=O)Nc2ccc(Br)cc2)c2ccccc2CC1C. The van der Waals surface area contributed by atoms with Crippen molar-refractivity contribution in [3.63, 3.8) is 0 Å². The van der Waals surface area contributed by atoms with Gasteiger partial charge < -0.3 is 15.5 Å².